The lowest BCUT2D eigenvalue weighted by molar-refractivity contribution is 0.153. The second kappa shape index (κ2) is 8.86. The number of nitrogens with zero attached hydrogens (tertiary/aromatic N) is 2. The summed E-state index contributed by atoms with van der Waals surface area (Å²) >= 11 is 0. The molecule has 1 aliphatic heterocycles. The molecule has 1 fully saturated rings. The van der Waals surface area contributed by atoms with Crippen LogP contribution in [0.4, 0.5) is 0 Å². The largest absolute Gasteiger partial charge is 0.315 e. The van der Waals surface area contributed by atoms with Crippen LogP contribution in [0.5, 0.6) is 0 Å². The first-order valence-electron chi connectivity index (χ1n) is 7.03. The van der Waals surface area contributed by atoms with Gasteiger partial charge in [0.2, 0.25) is 0 Å². The molecule has 0 aromatic heterocycles. The summed E-state index contributed by atoms with van der Waals surface area (Å²) in [5.41, 5.74) is 0. The molecular formula is C13H30N4. The molecule has 102 valence electrons. The molecule has 0 radical (unpaired) electrons. The molecule has 0 bridgehead atoms. The van der Waals surface area contributed by atoms with Gasteiger partial charge in [0.1, 0.15) is 0 Å². The molecule has 1 heterocycles. The maximum atomic E-state index is 3.49. The van der Waals surface area contributed by atoms with Crippen LogP contribution in [0.3, 0.4) is 0 Å². The van der Waals surface area contributed by atoms with E-state index >= 15 is 0 Å². The molecule has 0 amide bonds. The Morgan fingerprint density at radius 1 is 1.00 bits per heavy atom. The fourth-order valence-electron chi connectivity index (χ4n) is 2.07. The summed E-state index contributed by atoms with van der Waals surface area (Å²) in [4.78, 5) is 4.99. The van der Waals surface area contributed by atoms with Crippen LogP contribution in [-0.4, -0.2) is 75.2 Å². The second-order valence-corrected chi connectivity index (χ2v) is 5.36. The molecule has 0 unspecified atom stereocenters. The van der Waals surface area contributed by atoms with Crippen molar-refractivity contribution in [2.75, 3.05) is 59.4 Å². The Morgan fingerprint density at radius 2 is 1.71 bits per heavy atom. The van der Waals surface area contributed by atoms with E-state index in [4.69, 9.17) is 0 Å². The van der Waals surface area contributed by atoms with E-state index < -0.39 is 0 Å². The van der Waals surface area contributed by atoms with Crippen molar-refractivity contribution < 1.29 is 0 Å². The van der Waals surface area contributed by atoms with Crippen LogP contribution in [0, 0.1) is 0 Å². The minimum Gasteiger partial charge on any atom is -0.315 e. The van der Waals surface area contributed by atoms with Crippen LogP contribution in [0.2, 0.25) is 0 Å². The summed E-state index contributed by atoms with van der Waals surface area (Å²) in [5, 5.41) is 6.90. The lowest BCUT2D eigenvalue weighted by atomic mass is 10.3. The van der Waals surface area contributed by atoms with Crippen molar-refractivity contribution in [3.05, 3.63) is 0 Å². The van der Waals surface area contributed by atoms with E-state index in [0.717, 1.165) is 19.6 Å². The van der Waals surface area contributed by atoms with E-state index in [1.807, 2.05) is 0 Å². The van der Waals surface area contributed by atoms with E-state index in [0.29, 0.717) is 6.04 Å². The molecule has 0 spiro atoms. The standard InChI is InChI=1S/C13H30N4/c1-13(2)15-7-6-14-5-4-8-17-11-9-16(3)10-12-17/h13-15H,4-12H2,1-3H3. The maximum absolute atomic E-state index is 3.49. The normalized spacial score (nSPS) is 19.1. The predicted octanol–water partition coefficient (Wildman–Crippen LogP) is 0.212. The van der Waals surface area contributed by atoms with Gasteiger partial charge in [0.15, 0.2) is 0 Å². The highest BCUT2D eigenvalue weighted by atomic mass is 15.2. The van der Waals surface area contributed by atoms with Gasteiger partial charge in [-0.25, -0.2) is 0 Å². The Labute approximate surface area is 107 Å². The van der Waals surface area contributed by atoms with Crippen LogP contribution >= 0.6 is 0 Å². The van der Waals surface area contributed by atoms with E-state index in [1.54, 1.807) is 0 Å². The first kappa shape index (κ1) is 14.9. The predicted molar refractivity (Wildman–Crippen MR) is 74.6 cm³/mol. The molecular weight excluding hydrogens is 212 g/mol. The zero-order valence-electron chi connectivity index (χ0n) is 11.8. The maximum Gasteiger partial charge on any atom is 0.0110 e. The van der Waals surface area contributed by atoms with Crippen molar-refractivity contribution >= 4 is 0 Å². The summed E-state index contributed by atoms with van der Waals surface area (Å²) in [6, 6.07) is 0.599. The van der Waals surface area contributed by atoms with Crippen molar-refractivity contribution in [3.8, 4) is 0 Å². The first-order valence-corrected chi connectivity index (χ1v) is 7.03. The number of likely N-dealkylation sites (N-methyl/N-ethyl adjacent to an activating group) is 1. The molecule has 17 heavy (non-hydrogen) atoms. The molecule has 2 N–H and O–H groups in total. The summed E-state index contributed by atoms with van der Waals surface area (Å²) in [6.07, 6.45) is 1.27. The quantitative estimate of drug-likeness (QED) is 0.596. The average Bonchev–Trinajstić information content (AvgIpc) is 2.30. The fourth-order valence-corrected chi connectivity index (χ4v) is 2.07. The zero-order valence-corrected chi connectivity index (χ0v) is 11.8. The van der Waals surface area contributed by atoms with E-state index in [9.17, 15) is 0 Å². The van der Waals surface area contributed by atoms with Crippen molar-refractivity contribution in [1.82, 2.24) is 20.4 Å². The zero-order chi connectivity index (χ0) is 12.5. The van der Waals surface area contributed by atoms with Crippen molar-refractivity contribution in [3.63, 3.8) is 0 Å². The number of hydrogen-bond donors (Lipinski definition) is 2. The number of nitrogens with one attached hydrogen (secondary N) is 2. The topological polar surface area (TPSA) is 30.5 Å². The third-order valence-corrected chi connectivity index (χ3v) is 3.28. The minimum absolute atomic E-state index is 0.599. The molecule has 0 saturated carbocycles. The summed E-state index contributed by atoms with van der Waals surface area (Å²) in [5.74, 6) is 0. The minimum atomic E-state index is 0.599. The van der Waals surface area contributed by atoms with Gasteiger partial charge in [0.05, 0.1) is 0 Å². The Kier molecular flexibility index (Phi) is 7.77. The molecule has 4 heteroatoms. The van der Waals surface area contributed by atoms with Crippen LogP contribution < -0.4 is 10.6 Å². The Balaban J connectivity index is 1.84. The molecule has 1 aliphatic rings. The van der Waals surface area contributed by atoms with Crippen LogP contribution in [0.25, 0.3) is 0 Å². The van der Waals surface area contributed by atoms with Crippen LogP contribution in [-0.2, 0) is 0 Å². The Hall–Kier alpha value is -0.160. The van der Waals surface area contributed by atoms with Crippen LogP contribution in [0.1, 0.15) is 20.3 Å². The lowest BCUT2D eigenvalue weighted by Gasteiger charge is -2.32. The lowest BCUT2D eigenvalue weighted by Crippen LogP contribution is -2.45. The average molecular weight is 242 g/mol. The molecule has 0 aromatic carbocycles. The SMILES string of the molecule is CC(C)NCCNCCCN1CCN(C)CC1. The van der Waals surface area contributed by atoms with Gasteiger partial charge in [-0.3, -0.25) is 0 Å². The highest BCUT2D eigenvalue weighted by Crippen LogP contribution is 1.99. The first-order chi connectivity index (χ1) is 8.18. The third kappa shape index (κ3) is 7.71. The highest BCUT2D eigenvalue weighted by molar-refractivity contribution is 4.69. The van der Waals surface area contributed by atoms with Crippen molar-refractivity contribution in [2.24, 2.45) is 0 Å². The Morgan fingerprint density at radius 3 is 2.35 bits per heavy atom. The van der Waals surface area contributed by atoms with Gasteiger partial charge >= 0.3 is 0 Å². The molecule has 1 rings (SSSR count). The van der Waals surface area contributed by atoms with Crippen LogP contribution in [0.15, 0.2) is 0 Å². The molecule has 4 nitrogen and oxygen atoms in total. The summed E-state index contributed by atoms with van der Waals surface area (Å²) < 4.78 is 0. The highest BCUT2D eigenvalue weighted by Gasteiger charge is 2.12. The Bertz CT molecular complexity index is 176. The van der Waals surface area contributed by atoms with Crippen molar-refractivity contribution in [2.45, 2.75) is 26.3 Å². The number of piperazine rings is 1. The van der Waals surface area contributed by atoms with Gasteiger partial charge in [0.25, 0.3) is 0 Å². The molecule has 1 saturated heterocycles. The number of hydrogen-bond acceptors (Lipinski definition) is 4. The van der Waals surface area contributed by atoms with E-state index in [1.165, 1.54) is 39.1 Å². The summed E-state index contributed by atoms with van der Waals surface area (Å²) in [6.45, 7) is 13.9. The molecule has 0 aromatic rings. The van der Waals surface area contributed by atoms with Gasteiger partial charge in [-0.2, -0.15) is 0 Å². The van der Waals surface area contributed by atoms with Gasteiger partial charge in [0, 0.05) is 45.3 Å². The van der Waals surface area contributed by atoms with Crippen molar-refractivity contribution in [1.29, 1.82) is 0 Å². The molecule has 0 aliphatic carbocycles. The third-order valence-electron chi connectivity index (χ3n) is 3.28. The monoisotopic (exact) mass is 242 g/mol. The van der Waals surface area contributed by atoms with Gasteiger partial charge in [-0.1, -0.05) is 13.8 Å². The summed E-state index contributed by atoms with van der Waals surface area (Å²) in [7, 11) is 2.21. The van der Waals surface area contributed by atoms with E-state index in [-0.39, 0.29) is 0 Å². The molecule has 0 atom stereocenters. The van der Waals surface area contributed by atoms with E-state index in [2.05, 4.69) is 41.3 Å². The second-order valence-electron chi connectivity index (χ2n) is 5.36. The fraction of sp³-hybridized carbons (Fsp3) is 1.00. The smallest absolute Gasteiger partial charge is 0.0110 e. The van der Waals surface area contributed by atoms with Gasteiger partial charge in [-0.05, 0) is 26.6 Å². The van der Waals surface area contributed by atoms with Gasteiger partial charge in [-0.15, -0.1) is 0 Å². The number of rotatable bonds is 8. The van der Waals surface area contributed by atoms with Gasteiger partial charge < -0.3 is 20.4 Å².